The molecule has 0 aliphatic heterocycles. The van der Waals surface area contributed by atoms with Crippen molar-refractivity contribution < 1.29 is 23.5 Å². The molecule has 0 atom stereocenters. The zero-order chi connectivity index (χ0) is 19.0. The molecule has 0 saturated carbocycles. The van der Waals surface area contributed by atoms with Crippen LogP contribution in [0, 0.1) is 6.92 Å². The predicted molar refractivity (Wildman–Crippen MR) is 93.7 cm³/mol. The van der Waals surface area contributed by atoms with E-state index in [2.05, 4.69) is 4.98 Å². The Morgan fingerprint density at radius 3 is 1.96 bits per heavy atom. The number of aryl methyl sites for hydroxylation is 1. The Kier molecular flexibility index (Phi) is 4.79. The molecule has 0 saturated heterocycles. The first-order chi connectivity index (χ1) is 11.4. The summed E-state index contributed by atoms with van der Waals surface area (Å²) >= 11 is 0. The molecule has 0 spiro atoms. The van der Waals surface area contributed by atoms with Gasteiger partial charge in [0.2, 0.25) is 0 Å². The molecule has 25 heavy (non-hydrogen) atoms. The van der Waals surface area contributed by atoms with Crippen molar-refractivity contribution >= 4 is 29.3 Å². The van der Waals surface area contributed by atoms with Crippen LogP contribution in [-0.2, 0) is 9.47 Å². The average molecular weight is 348 g/mol. The van der Waals surface area contributed by atoms with Crippen molar-refractivity contribution in [2.45, 2.75) is 59.7 Å². The van der Waals surface area contributed by atoms with Crippen LogP contribution in [0.3, 0.4) is 0 Å². The third kappa shape index (κ3) is 4.71. The van der Waals surface area contributed by atoms with Crippen molar-refractivity contribution in [3.8, 4) is 0 Å². The van der Waals surface area contributed by atoms with Crippen molar-refractivity contribution in [3.63, 3.8) is 0 Å². The van der Waals surface area contributed by atoms with Crippen LogP contribution in [0.25, 0.3) is 11.1 Å². The SMILES string of the molecule is Cc1cccc2oc(N(C(=O)OC(C)(C)C)C(=O)OC(C)(C)C)nc12. The van der Waals surface area contributed by atoms with Gasteiger partial charge in [-0.15, -0.1) is 4.90 Å². The molecule has 2 amide bonds. The number of oxazole rings is 1. The molecule has 136 valence electrons. The van der Waals surface area contributed by atoms with Gasteiger partial charge in [-0.05, 0) is 60.1 Å². The smallest absolute Gasteiger partial charge is 0.428 e. The predicted octanol–water partition coefficient (Wildman–Crippen LogP) is 4.81. The highest BCUT2D eigenvalue weighted by molar-refractivity contribution is 6.08. The number of imide groups is 1. The molecule has 2 aromatic rings. The number of aromatic nitrogens is 1. The first kappa shape index (κ1) is 18.8. The van der Waals surface area contributed by atoms with Gasteiger partial charge in [-0.25, -0.2) is 9.59 Å². The highest BCUT2D eigenvalue weighted by atomic mass is 16.6. The van der Waals surface area contributed by atoms with Gasteiger partial charge in [0.15, 0.2) is 5.58 Å². The number of fused-ring (bicyclic) bond motifs is 1. The van der Waals surface area contributed by atoms with Gasteiger partial charge in [0, 0.05) is 0 Å². The molecule has 1 aromatic carbocycles. The van der Waals surface area contributed by atoms with E-state index in [0.29, 0.717) is 16.0 Å². The Labute approximate surface area is 146 Å². The van der Waals surface area contributed by atoms with E-state index in [1.165, 1.54) is 0 Å². The lowest BCUT2D eigenvalue weighted by molar-refractivity contribution is 0.0420. The van der Waals surface area contributed by atoms with Crippen molar-refractivity contribution in [3.05, 3.63) is 23.8 Å². The zero-order valence-corrected chi connectivity index (χ0v) is 15.7. The molecular formula is C18H24N2O5. The quantitative estimate of drug-likeness (QED) is 0.735. The van der Waals surface area contributed by atoms with E-state index < -0.39 is 23.4 Å². The van der Waals surface area contributed by atoms with Gasteiger partial charge in [0.05, 0.1) is 0 Å². The average Bonchev–Trinajstić information content (AvgIpc) is 2.79. The fraction of sp³-hybridized carbons (Fsp3) is 0.500. The Balaban J connectivity index is 2.47. The fourth-order valence-corrected chi connectivity index (χ4v) is 2.02. The third-order valence-corrected chi connectivity index (χ3v) is 2.95. The summed E-state index contributed by atoms with van der Waals surface area (Å²) in [7, 11) is 0. The van der Waals surface area contributed by atoms with Gasteiger partial charge >= 0.3 is 18.2 Å². The molecule has 7 heteroatoms. The molecule has 0 radical (unpaired) electrons. The first-order valence-electron chi connectivity index (χ1n) is 8.00. The number of rotatable bonds is 1. The number of ether oxygens (including phenoxy) is 2. The molecule has 0 aliphatic rings. The maximum Gasteiger partial charge on any atom is 0.428 e. The summed E-state index contributed by atoms with van der Waals surface area (Å²) in [6.07, 6.45) is -1.82. The maximum atomic E-state index is 12.6. The standard InChI is InChI=1S/C18H24N2O5/c1-11-9-8-10-12-13(11)19-14(23-12)20(15(21)24-17(2,3)4)16(22)25-18(5,6)7/h8-10H,1-7H3. The molecule has 0 unspecified atom stereocenters. The molecule has 2 rings (SSSR count). The molecule has 7 nitrogen and oxygen atoms in total. The second kappa shape index (κ2) is 6.38. The van der Waals surface area contributed by atoms with E-state index in [0.717, 1.165) is 5.56 Å². The summed E-state index contributed by atoms with van der Waals surface area (Å²) < 4.78 is 16.2. The van der Waals surface area contributed by atoms with E-state index in [4.69, 9.17) is 13.9 Å². The number of para-hydroxylation sites is 1. The van der Waals surface area contributed by atoms with Crippen LogP contribution >= 0.6 is 0 Å². The number of hydrogen-bond acceptors (Lipinski definition) is 6. The van der Waals surface area contributed by atoms with E-state index in [1.807, 2.05) is 13.0 Å². The summed E-state index contributed by atoms with van der Waals surface area (Å²) in [4.78, 5) is 30.1. The molecule has 0 aliphatic carbocycles. The largest absolute Gasteiger partial charge is 0.443 e. The summed E-state index contributed by atoms with van der Waals surface area (Å²) in [5, 5.41) is 0. The summed E-state index contributed by atoms with van der Waals surface area (Å²) in [5.74, 6) is 0. The van der Waals surface area contributed by atoms with Gasteiger partial charge in [-0.2, -0.15) is 4.98 Å². The van der Waals surface area contributed by atoms with Gasteiger partial charge in [0.25, 0.3) is 0 Å². The monoisotopic (exact) mass is 348 g/mol. The van der Waals surface area contributed by atoms with Crippen LogP contribution < -0.4 is 4.90 Å². The topological polar surface area (TPSA) is 81.9 Å². The van der Waals surface area contributed by atoms with Gasteiger partial charge in [0.1, 0.15) is 16.7 Å². The van der Waals surface area contributed by atoms with Crippen LogP contribution in [0.2, 0.25) is 0 Å². The molecule has 1 aromatic heterocycles. The molecule has 0 fully saturated rings. The summed E-state index contributed by atoms with van der Waals surface area (Å²) in [5.41, 5.74) is 0.306. The zero-order valence-electron chi connectivity index (χ0n) is 15.7. The highest BCUT2D eigenvalue weighted by Gasteiger charge is 2.36. The Morgan fingerprint density at radius 2 is 1.52 bits per heavy atom. The Bertz CT molecular complexity index is 768. The summed E-state index contributed by atoms with van der Waals surface area (Å²) in [6.45, 7) is 12.1. The fourth-order valence-electron chi connectivity index (χ4n) is 2.02. The van der Waals surface area contributed by atoms with Crippen molar-refractivity contribution in [1.29, 1.82) is 0 Å². The minimum Gasteiger partial charge on any atom is -0.443 e. The van der Waals surface area contributed by atoms with Gasteiger partial charge < -0.3 is 13.9 Å². The van der Waals surface area contributed by atoms with E-state index >= 15 is 0 Å². The van der Waals surface area contributed by atoms with Gasteiger partial charge in [-0.1, -0.05) is 12.1 Å². The van der Waals surface area contributed by atoms with Crippen LogP contribution in [0.1, 0.15) is 47.1 Å². The molecule has 1 heterocycles. The maximum absolute atomic E-state index is 12.6. The highest BCUT2D eigenvalue weighted by Crippen LogP contribution is 2.27. The van der Waals surface area contributed by atoms with Crippen LogP contribution in [0.4, 0.5) is 15.6 Å². The lowest BCUT2D eigenvalue weighted by atomic mass is 10.2. The van der Waals surface area contributed by atoms with Crippen LogP contribution in [0.5, 0.6) is 0 Å². The molecule has 0 bridgehead atoms. The number of benzene rings is 1. The van der Waals surface area contributed by atoms with Crippen LogP contribution in [-0.4, -0.2) is 28.4 Å². The van der Waals surface area contributed by atoms with Crippen LogP contribution in [0.15, 0.2) is 22.6 Å². The number of hydrogen-bond donors (Lipinski definition) is 0. The summed E-state index contributed by atoms with van der Waals surface area (Å²) in [6, 6.07) is 5.19. The first-order valence-corrected chi connectivity index (χ1v) is 8.00. The van der Waals surface area contributed by atoms with E-state index in [-0.39, 0.29) is 6.01 Å². The normalized spacial score (nSPS) is 12.1. The van der Waals surface area contributed by atoms with Crippen molar-refractivity contribution in [2.24, 2.45) is 0 Å². The van der Waals surface area contributed by atoms with E-state index in [1.54, 1.807) is 53.7 Å². The molecular weight excluding hydrogens is 324 g/mol. The number of nitrogens with zero attached hydrogens (tertiary/aromatic N) is 2. The minimum absolute atomic E-state index is 0.187. The second-order valence-electron chi connectivity index (χ2n) is 7.71. The van der Waals surface area contributed by atoms with Crippen molar-refractivity contribution in [2.75, 3.05) is 4.90 Å². The van der Waals surface area contributed by atoms with E-state index in [9.17, 15) is 9.59 Å². The number of carbonyl (C=O) groups excluding carboxylic acids is 2. The third-order valence-electron chi connectivity index (χ3n) is 2.95. The second-order valence-corrected chi connectivity index (χ2v) is 7.71. The lowest BCUT2D eigenvalue weighted by Gasteiger charge is -2.26. The Morgan fingerprint density at radius 1 is 1.00 bits per heavy atom. The van der Waals surface area contributed by atoms with Crippen molar-refractivity contribution in [1.82, 2.24) is 4.98 Å². The van der Waals surface area contributed by atoms with Gasteiger partial charge in [-0.3, -0.25) is 0 Å². The number of amides is 2. The molecule has 0 N–H and O–H groups in total. The lowest BCUT2D eigenvalue weighted by Crippen LogP contribution is -2.44. The Hall–Kier alpha value is -2.57. The minimum atomic E-state index is -0.911. The number of anilines is 1. The number of carbonyl (C=O) groups is 2.